The molecule has 1 amide bonds. The van der Waals surface area contributed by atoms with E-state index in [1.807, 2.05) is 30.1 Å². The molecule has 0 aromatic heterocycles. The molecule has 27 heavy (non-hydrogen) atoms. The van der Waals surface area contributed by atoms with E-state index in [-0.39, 0.29) is 18.0 Å². The molecule has 1 aromatic carbocycles. The number of hydrogen-bond donors (Lipinski definition) is 0. The highest BCUT2D eigenvalue weighted by molar-refractivity contribution is 9.13. The van der Waals surface area contributed by atoms with Gasteiger partial charge in [0, 0.05) is 62.2 Å². The lowest BCUT2D eigenvalue weighted by Crippen LogP contribution is -2.49. The van der Waals surface area contributed by atoms with Gasteiger partial charge in [-0.15, -0.1) is 0 Å². The highest BCUT2D eigenvalue weighted by atomic mass is 79.9. The van der Waals surface area contributed by atoms with Gasteiger partial charge in [0.05, 0.1) is 12.5 Å². The Labute approximate surface area is 177 Å². The minimum atomic E-state index is -0.632. The highest BCUT2D eigenvalue weighted by Crippen LogP contribution is 2.39. The van der Waals surface area contributed by atoms with Crippen molar-refractivity contribution in [2.45, 2.75) is 37.1 Å². The van der Waals surface area contributed by atoms with Crippen LogP contribution in [0.2, 0.25) is 0 Å². The van der Waals surface area contributed by atoms with E-state index in [4.69, 9.17) is 9.47 Å². The van der Waals surface area contributed by atoms with E-state index in [1.165, 1.54) is 0 Å². The first-order chi connectivity index (χ1) is 12.9. The molecule has 3 rings (SSSR count). The van der Waals surface area contributed by atoms with E-state index in [2.05, 4.69) is 48.9 Å². The number of halogens is 2. The van der Waals surface area contributed by atoms with E-state index in [0.29, 0.717) is 12.8 Å². The van der Waals surface area contributed by atoms with Crippen molar-refractivity contribution in [3.8, 4) is 0 Å². The van der Waals surface area contributed by atoms with E-state index >= 15 is 0 Å². The standard InChI is InChI=1S/C20H26Br2N2O3/c1-23(19(25)11-14-6-7-15(21)16(22)10-14)17-12-20(26-2,27-3)13-18(17)24-8-4-5-9-24/h4-7,10,17-18H,8-9,11-13H2,1-3H3. The van der Waals surface area contributed by atoms with Crippen molar-refractivity contribution in [3.63, 3.8) is 0 Å². The average Bonchev–Trinajstić information content (AvgIpc) is 3.32. The number of benzene rings is 1. The third-order valence-electron chi connectivity index (χ3n) is 5.77. The lowest BCUT2D eigenvalue weighted by molar-refractivity contribution is -0.204. The van der Waals surface area contributed by atoms with Crippen molar-refractivity contribution in [1.82, 2.24) is 9.80 Å². The van der Waals surface area contributed by atoms with E-state index in [1.54, 1.807) is 14.2 Å². The minimum absolute atomic E-state index is 0.0520. The SMILES string of the molecule is COC1(OC)CC(N2CC=CC2)C(N(C)C(=O)Cc2ccc(Br)c(Br)c2)C1. The number of carbonyl (C=O) groups is 1. The van der Waals surface area contributed by atoms with Gasteiger partial charge in [-0.05, 0) is 49.6 Å². The number of rotatable bonds is 6. The Morgan fingerprint density at radius 1 is 1.19 bits per heavy atom. The molecule has 2 unspecified atom stereocenters. The van der Waals surface area contributed by atoms with Gasteiger partial charge in [-0.2, -0.15) is 0 Å². The van der Waals surface area contributed by atoms with E-state index in [0.717, 1.165) is 34.0 Å². The Kier molecular flexibility index (Phi) is 6.79. The smallest absolute Gasteiger partial charge is 0.227 e. The van der Waals surface area contributed by atoms with Crippen molar-refractivity contribution in [1.29, 1.82) is 0 Å². The summed E-state index contributed by atoms with van der Waals surface area (Å²) in [6, 6.07) is 6.19. The molecule has 0 spiro atoms. The zero-order chi connectivity index (χ0) is 19.6. The molecule has 1 aromatic rings. The Bertz CT molecular complexity index is 713. The number of carbonyl (C=O) groups excluding carboxylic acids is 1. The maximum Gasteiger partial charge on any atom is 0.227 e. The first-order valence-corrected chi connectivity index (χ1v) is 10.7. The van der Waals surface area contributed by atoms with Gasteiger partial charge >= 0.3 is 0 Å². The van der Waals surface area contributed by atoms with Gasteiger partial charge in [-0.3, -0.25) is 9.69 Å². The second-order valence-electron chi connectivity index (χ2n) is 7.22. The number of amides is 1. The quantitative estimate of drug-likeness (QED) is 0.441. The van der Waals surface area contributed by atoms with Crippen LogP contribution in [-0.4, -0.2) is 67.9 Å². The third kappa shape index (κ3) is 4.48. The third-order valence-corrected chi connectivity index (χ3v) is 7.65. The normalized spacial score (nSPS) is 24.5. The van der Waals surface area contributed by atoms with Crippen molar-refractivity contribution >= 4 is 37.8 Å². The minimum Gasteiger partial charge on any atom is -0.353 e. The van der Waals surface area contributed by atoms with Crippen LogP contribution < -0.4 is 0 Å². The highest BCUT2D eigenvalue weighted by Gasteiger charge is 2.50. The summed E-state index contributed by atoms with van der Waals surface area (Å²) in [7, 11) is 5.28. The summed E-state index contributed by atoms with van der Waals surface area (Å²) in [5.74, 6) is -0.526. The second-order valence-corrected chi connectivity index (χ2v) is 8.93. The molecule has 7 heteroatoms. The van der Waals surface area contributed by atoms with Crippen LogP contribution in [0.4, 0.5) is 0 Å². The molecule has 1 saturated carbocycles. The lowest BCUT2D eigenvalue weighted by atomic mass is 10.1. The molecule has 1 fully saturated rings. The van der Waals surface area contributed by atoms with Gasteiger partial charge in [-0.1, -0.05) is 18.2 Å². The number of methoxy groups -OCH3 is 2. The summed E-state index contributed by atoms with van der Waals surface area (Å²) in [5.41, 5.74) is 0.990. The molecule has 2 aliphatic rings. The van der Waals surface area contributed by atoms with Crippen molar-refractivity contribution < 1.29 is 14.3 Å². The molecule has 5 nitrogen and oxygen atoms in total. The van der Waals surface area contributed by atoms with Gasteiger partial charge in [0.15, 0.2) is 5.79 Å². The largest absolute Gasteiger partial charge is 0.353 e. The topological polar surface area (TPSA) is 42.0 Å². The molecular weight excluding hydrogens is 476 g/mol. The summed E-state index contributed by atoms with van der Waals surface area (Å²) in [4.78, 5) is 17.3. The molecule has 0 radical (unpaired) electrons. The second kappa shape index (κ2) is 8.74. The zero-order valence-corrected chi connectivity index (χ0v) is 19.1. The molecule has 1 heterocycles. The average molecular weight is 502 g/mol. The van der Waals surface area contributed by atoms with Crippen molar-refractivity contribution in [2.24, 2.45) is 0 Å². The number of likely N-dealkylation sites (N-methyl/N-ethyl adjacent to an activating group) is 1. The van der Waals surface area contributed by atoms with Crippen LogP contribution in [0.25, 0.3) is 0 Å². The van der Waals surface area contributed by atoms with Gasteiger partial charge in [0.2, 0.25) is 5.91 Å². The molecule has 148 valence electrons. The van der Waals surface area contributed by atoms with Crippen LogP contribution in [0.1, 0.15) is 18.4 Å². The first-order valence-electron chi connectivity index (χ1n) is 9.08. The number of nitrogens with zero attached hydrogens (tertiary/aromatic N) is 2. The van der Waals surface area contributed by atoms with Crippen LogP contribution in [-0.2, 0) is 20.7 Å². The van der Waals surface area contributed by atoms with Crippen LogP contribution >= 0.6 is 31.9 Å². The molecular formula is C20H26Br2N2O3. The van der Waals surface area contributed by atoms with E-state index < -0.39 is 5.79 Å². The molecule has 0 saturated heterocycles. The van der Waals surface area contributed by atoms with Crippen LogP contribution in [0.15, 0.2) is 39.3 Å². The molecule has 1 aliphatic heterocycles. The number of hydrogen-bond acceptors (Lipinski definition) is 4. The summed E-state index contributed by atoms with van der Waals surface area (Å²) in [5, 5.41) is 0. The molecule has 1 aliphatic carbocycles. The predicted octanol–water partition coefficient (Wildman–Crippen LogP) is 3.60. The molecule has 0 bridgehead atoms. The van der Waals surface area contributed by atoms with Gasteiger partial charge in [-0.25, -0.2) is 0 Å². The van der Waals surface area contributed by atoms with Gasteiger partial charge in [0.1, 0.15) is 0 Å². The summed E-state index contributed by atoms with van der Waals surface area (Å²) in [6.45, 7) is 1.82. The van der Waals surface area contributed by atoms with E-state index in [9.17, 15) is 4.79 Å². The fourth-order valence-corrected chi connectivity index (χ4v) is 4.75. The van der Waals surface area contributed by atoms with Crippen molar-refractivity contribution in [2.75, 3.05) is 34.4 Å². The van der Waals surface area contributed by atoms with Gasteiger partial charge < -0.3 is 14.4 Å². The number of ether oxygens (including phenoxy) is 2. The maximum atomic E-state index is 13.0. The Morgan fingerprint density at radius 3 is 2.44 bits per heavy atom. The lowest BCUT2D eigenvalue weighted by Gasteiger charge is -2.34. The maximum absolute atomic E-state index is 13.0. The fourth-order valence-electron chi connectivity index (χ4n) is 4.08. The summed E-state index contributed by atoms with van der Waals surface area (Å²) < 4.78 is 13.4. The zero-order valence-electron chi connectivity index (χ0n) is 16.0. The summed E-state index contributed by atoms with van der Waals surface area (Å²) >= 11 is 6.98. The van der Waals surface area contributed by atoms with Crippen molar-refractivity contribution in [3.05, 3.63) is 44.9 Å². The van der Waals surface area contributed by atoms with Crippen LogP contribution in [0.3, 0.4) is 0 Å². The Morgan fingerprint density at radius 2 is 1.85 bits per heavy atom. The first kappa shape index (κ1) is 21.0. The van der Waals surface area contributed by atoms with Gasteiger partial charge in [0.25, 0.3) is 0 Å². The Hall–Kier alpha value is -0.730. The monoisotopic (exact) mass is 500 g/mol. The fraction of sp³-hybridized carbons (Fsp3) is 0.550. The molecule has 0 N–H and O–H groups in total. The van der Waals surface area contributed by atoms with Crippen LogP contribution in [0.5, 0.6) is 0 Å². The molecule has 2 atom stereocenters. The van der Waals surface area contributed by atoms with Crippen LogP contribution in [0, 0.1) is 0 Å². The Balaban J connectivity index is 1.76. The predicted molar refractivity (Wildman–Crippen MR) is 113 cm³/mol. The summed E-state index contributed by atoms with van der Waals surface area (Å²) in [6.07, 6.45) is 6.16.